The number of hydrogen-bond donors (Lipinski definition) is 1. The van der Waals surface area contributed by atoms with Crippen molar-refractivity contribution < 1.29 is 9.59 Å². The van der Waals surface area contributed by atoms with E-state index in [1.807, 2.05) is 6.07 Å². The maximum atomic E-state index is 11.1. The lowest BCUT2D eigenvalue weighted by Crippen LogP contribution is -2.24. The second kappa shape index (κ2) is 4.62. The molecule has 0 heterocycles. The first-order valence-electron chi connectivity index (χ1n) is 3.69. The highest BCUT2D eigenvalue weighted by Crippen LogP contribution is 2.06. The molecule has 1 atom stereocenters. The first kappa shape index (κ1) is 9.74. The number of carbonyl (C=O) groups excluding carboxylic acids is 2. The van der Waals surface area contributed by atoms with E-state index in [1.165, 1.54) is 0 Å². The smallest absolute Gasteiger partial charge is 0.249 e. The normalized spacial score (nSPS) is 11.8. The fourth-order valence-corrected chi connectivity index (χ4v) is 0.849. The van der Waals surface area contributed by atoms with Crippen LogP contribution in [0.4, 0.5) is 5.69 Å². The zero-order valence-corrected chi connectivity index (χ0v) is 7.49. The average molecular weight is 198 g/mol. The number of carbonyl (C=O) groups is 2. The van der Waals surface area contributed by atoms with Gasteiger partial charge < -0.3 is 10.1 Å². The summed E-state index contributed by atoms with van der Waals surface area (Å²) in [6.45, 7) is 0. The summed E-state index contributed by atoms with van der Waals surface area (Å²) >= 11 is 5.39. The lowest BCUT2D eigenvalue weighted by atomic mass is 10.3. The molecule has 3 nitrogen and oxygen atoms in total. The second-order valence-corrected chi connectivity index (χ2v) is 2.86. The van der Waals surface area contributed by atoms with Crippen molar-refractivity contribution in [2.45, 2.75) is 5.38 Å². The van der Waals surface area contributed by atoms with Crippen LogP contribution in [0.5, 0.6) is 0 Å². The van der Waals surface area contributed by atoms with Gasteiger partial charge in [0, 0.05) is 5.69 Å². The molecule has 0 aliphatic heterocycles. The molecule has 1 amide bonds. The van der Waals surface area contributed by atoms with Crippen LogP contribution in [0.2, 0.25) is 0 Å². The minimum atomic E-state index is -1.12. The lowest BCUT2D eigenvalue weighted by Gasteiger charge is -2.04. The zero-order chi connectivity index (χ0) is 9.68. The molecule has 1 unspecified atom stereocenters. The molecule has 1 aromatic rings. The number of para-hydroxylation sites is 1. The van der Waals surface area contributed by atoms with E-state index < -0.39 is 11.3 Å². The zero-order valence-electron chi connectivity index (χ0n) is 6.74. The number of aldehydes is 1. The molecule has 13 heavy (non-hydrogen) atoms. The van der Waals surface area contributed by atoms with E-state index in [-0.39, 0.29) is 0 Å². The van der Waals surface area contributed by atoms with Crippen molar-refractivity contribution >= 4 is 29.5 Å². The van der Waals surface area contributed by atoms with E-state index in [1.54, 1.807) is 24.3 Å². The van der Waals surface area contributed by atoms with Crippen LogP contribution in [0.1, 0.15) is 0 Å². The summed E-state index contributed by atoms with van der Waals surface area (Å²) in [6, 6.07) is 8.81. The van der Waals surface area contributed by atoms with Gasteiger partial charge in [0.25, 0.3) is 0 Å². The third kappa shape index (κ3) is 2.87. The Balaban J connectivity index is 2.60. The molecule has 4 heteroatoms. The molecule has 68 valence electrons. The van der Waals surface area contributed by atoms with E-state index in [0.717, 1.165) is 0 Å². The molecule has 0 aliphatic carbocycles. The Morgan fingerprint density at radius 3 is 2.54 bits per heavy atom. The number of benzene rings is 1. The van der Waals surface area contributed by atoms with Crippen molar-refractivity contribution in [3.63, 3.8) is 0 Å². The van der Waals surface area contributed by atoms with Crippen molar-refractivity contribution in [2.24, 2.45) is 0 Å². The molecular weight excluding hydrogens is 190 g/mol. The fraction of sp³-hybridized carbons (Fsp3) is 0.111. The number of amides is 1. The minimum Gasteiger partial charge on any atom is -0.324 e. The molecule has 0 aromatic heterocycles. The van der Waals surface area contributed by atoms with Crippen LogP contribution < -0.4 is 5.32 Å². The van der Waals surface area contributed by atoms with E-state index in [2.05, 4.69) is 5.32 Å². The predicted molar refractivity (Wildman–Crippen MR) is 50.8 cm³/mol. The minimum absolute atomic E-state index is 0.389. The van der Waals surface area contributed by atoms with Crippen molar-refractivity contribution in [3.05, 3.63) is 30.3 Å². The van der Waals surface area contributed by atoms with Crippen LogP contribution in [0.15, 0.2) is 30.3 Å². The Hall–Kier alpha value is -1.35. The van der Waals surface area contributed by atoms with E-state index in [9.17, 15) is 9.59 Å². The molecule has 1 rings (SSSR count). The molecule has 0 saturated heterocycles. The molecule has 0 spiro atoms. The SMILES string of the molecule is O=CC(Cl)C(=O)Nc1ccccc1. The van der Waals surface area contributed by atoms with Gasteiger partial charge in [0.2, 0.25) is 5.91 Å². The molecule has 0 aliphatic rings. The van der Waals surface area contributed by atoms with Crippen molar-refractivity contribution in [3.8, 4) is 0 Å². The summed E-state index contributed by atoms with van der Waals surface area (Å²) in [7, 11) is 0. The molecule has 0 saturated carbocycles. The first-order chi connectivity index (χ1) is 6.24. The summed E-state index contributed by atoms with van der Waals surface area (Å²) < 4.78 is 0. The van der Waals surface area contributed by atoms with Gasteiger partial charge in [0.05, 0.1) is 0 Å². The largest absolute Gasteiger partial charge is 0.324 e. The number of halogens is 1. The maximum Gasteiger partial charge on any atom is 0.249 e. The quantitative estimate of drug-likeness (QED) is 0.453. The van der Waals surface area contributed by atoms with Crippen LogP contribution >= 0.6 is 11.6 Å². The first-order valence-corrected chi connectivity index (χ1v) is 4.13. The summed E-state index contributed by atoms with van der Waals surface area (Å²) in [5, 5.41) is 1.37. The molecule has 1 N–H and O–H groups in total. The van der Waals surface area contributed by atoms with Gasteiger partial charge in [-0.1, -0.05) is 18.2 Å². The van der Waals surface area contributed by atoms with Crippen molar-refractivity contribution in [1.82, 2.24) is 0 Å². The number of rotatable bonds is 3. The van der Waals surface area contributed by atoms with Gasteiger partial charge in [-0.15, -0.1) is 11.6 Å². The van der Waals surface area contributed by atoms with Gasteiger partial charge in [-0.2, -0.15) is 0 Å². The Bertz CT molecular complexity index is 300. The Kier molecular flexibility index (Phi) is 3.46. The van der Waals surface area contributed by atoms with Gasteiger partial charge in [-0.25, -0.2) is 0 Å². The molecule has 0 radical (unpaired) electrons. The molecule has 0 fully saturated rings. The van der Waals surface area contributed by atoms with Gasteiger partial charge >= 0.3 is 0 Å². The fourth-order valence-electron chi connectivity index (χ4n) is 0.794. The highest BCUT2D eigenvalue weighted by atomic mass is 35.5. The van der Waals surface area contributed by atoms with Crippen LogP contribution in [0, 0.1) is 0 Å². The van der Waals surface area contributed by atoms with Gasteiger partial charge in [0.15, 0.2) is 5.38 Å². The number of nitrogens with one attached hydrogen (secondary N) is 1. The lowest BCUT2D eigenvalue weighted by molar-refractivity contribution is -0.119. The third-order valence-corrected chi connectivity index (χ3v) is 1.71. The monoisotopic (exact) mass is 197 g/mol. The van der Waals surface area contributed by atoms with Crippen LogP contribution in [-0.4, -0.2) is 17.6 Å². The van der Waals surface area contributed by atoms with E-state index in [4.69, 9.17) is 11.6 Å². The van der Waals surface area contributed by atoms with E-state index >= 15 is 0 Å². The van der Waals surface area contributed by atoms with Crippen LogP contribution in [0.3, 0.4) is 0 Å². The number of anilines is 1. The second-order valence-electron chi connectivity index (χ2n) is 2.39. The third-order valence-electron chi connectivity index (χ3n) is 1.41. The Morgan fingerprint density at radius 2 is 2.00 bits per heavy atom. The highest BCUT2D eigenvalue weighted by molar-refractivity contribution is 6.40. The van der Waals surface area contributed by atoms with Gasteiger partial charge in [0.1, 0.15) is 6.29 Å². The average Bonchev–Trinajstić information content (AvgIpc) is 2.18. The standard InChI is InChI=1S/C9H8ClNO2/c10-8(6-12)9(13)11-7-4-2-1-3-5-7/h1-6,8H,(H,11,13). The summed E-state index contributed by atoms with van der Waals surface area (Å²) in [4.78, 5) is 21.2. The van der Waals surface area contributed by atoms with Gasteiger partial charge in [-0.3, -0.25) is 4.79 Å². The highest BCUT2D eigenvalue weighted by Gasteiger charge is 2.13. The van der Waals surface area contributed by atoms with Crippen molar-refractivity contribution in [1.29, 1.82) is 0 Å². The van der Waals surface area contributed by atoms with Crippen LogP contribution in [-0.2, 0) is 9.59 Å². The van der Waals surface area contributed by atoms with Crippen molar-refractivity contribution in [2.75, 3.05) is 5.32 Å². The summed E-state index contributed by atoms with van der Waals surface area (Å²) in [6.07, 6.45) is 0.389. The number of hydrogen-bond acceptors (Lipinski definition) is 2. The topological polar surface area (TPSA) is 46.2 Å². The summed E-state index contributed by atoms with van der Waals surface area (Å²) in [5.41, 5.74) is 0.625. The molecule has 0 bridgehead atoms. The van der Waals surface area contributed by atoms with Gasteiger partial charge in [-0.05, 0) is 12.1 Å². The predicted octanol–water partition coefficient (Wildman–Crippen LogP) is 1.43. The maximum absolute atomic E-state index is 11.1. The van der Waals surface area contributed by atoms with E-state index in [0.29, 0.717) is 12.0 Å². The molecular formula is C9H8ClNO2. The number of alkyl halides is 1. The Morgan fingerprint density at radius 1 is 1.38 bits per heavy atom. The van der Waals surface area contributed by atoms with Crippen LogP contribution in [0.25, 0.3) is 0 Å². The summed E-state index contributed by atoms with van der Waals surface area (Å²) in [5.74, 6) is -0.511. The molecule has 1 aromatic carbocycles. The Labute approximate surface area is 80.7 Å².